The van der Waals surface area contributed by atoms with Crippen molar-refractivity contribution in [3.63, 3.8) is 0 Å². The molecule has 1 aliphatic rings. The van der Waals surface area contributed by atoms with E-state index in [1.165, 1.54) is 31.2 Å². The summed E-state index contributed by atoms with van der Waals surface area (Å²) < 4.78 is 4.72. The van der Waals surface area contributed by atoms with Gasteiger partial charge >= 0.3 is 5.97 Å². The van der Waals surface area contributed by atoms with Crippen LogP contribution in [0.15, 0.2) is 36.4 Å². The number of pyridine rings is 1. The lowest BCUT2D eigenvalue weighted by Crippen LogP contribution is -2.36. The van der Waals surface area contributed by atoms with Crippen molar-refractivity contribution in [2.75, 3.05) is 42.7 Å². The number of hydrogen-bond donors (Lipinski definition) is 2. The number of ether oxygens (including phenoxy) is 1. The number of carbonyl (C=O) groups is 1. The van der Waals surface area contributed by atoms with Crippen LogP contribution in [-0.4, -0.2) is 37.7 Å². The van der Waals surface area contributed by atoms with Crippen LogP contribution in [-0.2, 0) is 4.74 Å². The second-order valence-electron chi connectivity index (χ2n) is 7.49. The van der Waals surface area contributed by atoms with E-state index in [1.54, 1.807) is 6.07 Å². The molecule has 0 radical (unpaired) electrons. The van der Waals surface area contributed by atoms with Gasteiger partial charge in [0.05, 0.1) is 18.5 Å². The monoisotopic (exact) mass is 382 g/mol. The minimum atomic E-state index is -0.415. The molecule has 1 aromatic heterocycles. The van der Waals surface area contributed by atoms with Gasteiger partial charge in [-0.25, -0.2) is 9.78 Å². The van der Waals surface area contributed by atoms with E-state index in [-0.39, 0.29) is 0 Å². The Morgan fingerprint density at radius 3 is 3.04 bits per heavy atom. The van der Waals surface area contributed by atoms with Crippen molar-refractivity contribution < 1.29 is 9.53 Å². The number of nitrogen functional groups attached to an aromatic ring is 1. The summed E-state index contributed by atoms with van der Waals surface area (Å²) in [5.41, 5.74) is 9.81. The number of esters is 1. The predicted octanol–water partition coefficient (Wildman–Crippen LogP) is 3.87. The zero-order chi connectivity index (χ0) is 19.9. The third-order valence-electron chi connectivity index (χ3n) is 5.28. The van der Waals surface area contributed by atoms with Crippen LogP contribution in [0.4, 0.5) is 17.2 Å². The van der Waals surface area contributed by atoms with Crippen LogP contribution in [0, 0.1) is 12.8 Å². The maximum atomic E-state index is 11.6. The van der Waals surface area contributed by atoms with Gasteiger partial charge in [-0.1, -0.05) is 12.1 Å². The number of nitrogens with two attached hydrogens (primary N) is 1. The highest BCUT2D eigenvalue weighted by atomic mass is 16.5. The lowest BCUT2D eigenvalue weighted by Gasteiger charge is -2.35. The van der Waals surface area contributed by atoms with Gasteiger partial charge in [0.25, 0.3) is 0 Å². The molecule has 28 heavy (non-hydrogen) atoms. The van der Waals surface area contributed by atoms with Gasteiger partial charge in [0.2, 0.25) is 0 Å². The summed E-state index contributed by atoms with van der Waals surface area (Å²) in [5.74, 6) is 0.965. The normalized spacial score (nSPS) is 16.6. The molecule has 0 spiro atoms. The molecule has 3 rings (SSSR count). The van der Waals surface area contributed by atoms with Crippen LogP contribution in [0.2, 0.25) is 0 Å². The van der Waals surface area contributed by atoms with E-state index in [4.69, 9.17) is 10.5 Å². The second-order valence-corrected chi connectivity index (χ2v) is 7.49. The highest BCUT2D eigenvalue weighted by molar-refractivity contribution is 5.87. The zero-order valence-electron chi connectivity index (χ0n) is 16.8. The first-order chi connectivity index (χ1) is 13.6. The molecule has 0 amide bonds. The van der Waals surface area contributed by atoms with Gasteiger partial charge in [-0.3, -0.25) is 0 Å². The Morgan fingerprint density at radius 1 is 1.36 bits per heavy atom. The molecule has 1 saturated heterocycles. The Balaban J connectivity index is 1.47. The molecule has 6 nitrogen and oxygen atoms in total. The van der Waals surface area contributed by atoms with Crippen LogP contribution in [0.1, 0.15) is 41.7 Å². The van der Waals surface area contributed by atoms with Gasteiger partial charge < -0.3 is 20.7 Å². The average molecular weight is 383 g/mol. The van der Waals surface area contributed by atoms with Crippen molar-refractivity contribution in [1.29, 1.82) is 0 Å². The predicted molar refractivity (Wildman–Crippen MR) is 114 cm³/mol. The minimum Gasteiger partial charge on any atom is -0.464 e. The summed E-state index contributed by atoms with van der Waals surface area (Å²) in [4.78, 5) is 18.3. The van der Waals surface area contributed by atoms with Gasteiger partial charge in [0.15, 0.2) is 5.69 Å². The third-order valence-corrected chi connectivity index (χ3v) is 5.28. The van der Waals surface area contributed by atoms with Crippen molar-refractivity contribution in [2.45, 2.75) is 32.6 Å². The molecular formula is C22H30N4O2. The molecule has 1 fully saturated rings. The van der Waals surface area contributed by atoms with E-state index < -0.39 is 5.97 Å². The number of aryl methyl sites for hydroxylation is 1. The van der Waals surface area contributed by atoms with Gasteiger partial charge in [0.1, 0.15) is 5.82 Å². The highest BCUT2D eigenvalue weighted by Gasteiger charge is 2.21. The van der Waals surface area contributed by atoms with E-state index >= 15 is 0 Å². The van der Waals surface area contributed by atoms with E-state index in [2.05, 4.69) is 34.3 Å². The summed E-state index contributed by atoms with van der Waals surface area (Å²) in [6.07, 6.45) is 4.68. The van der Waals surface area contributed by atoms with E-state index in [1.807, 2.05) is 18.2 Å². The third kappa shape index (κ3) is 5.15. The maximum absolute atomic E-state index is 11.6. The molecule has 6 heteroatoms. The fourth-order valence-corrected chi connectivity index (χ4v) is 3.81. The van der Waals surface area contributed by atoms with Crippen LogP contribution in [0.5, 0.6) is 0 Å². The van der Waals surface area contributed by atoms with Crippen LogP contribution in [0.3, 0.4) is 0 Å². The van der Waals surface area contributed by atoms with Crippen molar-refractivity contribution in [3.05, 3.63) is 47.7 Å². The Hall–Kier alpha value is -2.76. The number of aromatic nitrogens is 1. The molecule has 150 valence electrons. The Bertz CT molecular complexity index is 809. The van der Waals surface area contributed by atoms with Gasteiger partial charge in [0, 0.05) is 19.6 Å². The van der Waals surface area contributed by atoms with E-state index in [9.17, 15) is 4.79 Å². The first-order valence-electron chi connectivity index (χ1n) is 9.97. The molecular weight excluding hydrogens is 352 g/mol. The molecule has 1 aliphatic heterocycles. The molecule has 3 N–H and O–H groups in total. The summed E-state index contributed by atoms with van der Waals surface area (Å²) in [6, 6.07) is 11.6. The number of hydrogen-bond acceptors (Lipinski definition) is 6. The Kier molecular flexibility index (Phi) is 6.74. The quantitative estimate of drug-likeness (QED) is 0.430. The number of nitrogens with one attached hydrogen (secondary N) is 1. The van der Waals surface area contributed by atoms with Crippen molar-refractivity contribution in [2.24, 2.45) is 5.92 Å². The van der Waals surface area contributed by atoms with E-state index in [0.29, 0.717) is 17.4 Å². The van der Waals surface area contributed by atoms with Crippen LogP contribution < -0.4 is 16.0 Å². The number of piperidine rings is 1. The Morgan fingerprint density at radius 2 is 2.21 bits per heavy atom. The average Bonchev–Trinajstić information content (AvgIpc) is 2.73. The number of carbonyl (C=O) groups excluding carboxylic acids is 1. The SMILES string of the molecule is COC(=O)c1cccc(NCCCC2CCCN(c3cc(C)ccc3N)C2)n1. The molecule has 1 aromatic carbocycles. The first-order valence-corrected chi connectivity index (χ1v) is 9.97. The van der Waals surface area contributed by atoms with Gasteiger partial charge in [-0.15, -0.1) is 0 Å². The minimum absolute atomic E-state index is 0.325. The first kappa shape index (κ1) is 20.0. The fourth-order valence-electron chi connectivity index (χ4n) is 3.81. The molecule has 2 aromatic rings. The van der Waals surface area contributed by atoms with Crippen molar-refractivity contribution in [3.8, 4) is 0 Å². The molecule has 1 atom stereocenters. The lowest BCUT2D eigenvalue weighted by atomic mass is 9.92. The molecule has 2 heterocycles. The topological polar surface area (TPSA) is 80.5 Å². The molecule has 0 bridgehead atoms. The summed E-state index contributed by atoms with van der Waals surface area (Å²) >= 11 is 0. The lowest BCUT2D eigenvalue weighted by molar-refractivity contribution is 0.0594. The van der Waals surface area contributed by atoms with Crippen LogP contribution >= 0.6 is 0 Å². The second kappa shape index (κ2) is 9.44. The maximum Gasteiger partial charge on any atom is 0.356 e. The van der Waals surface area contributed by atoms with Gasteiger partial charge in [-0.2, -0.15) is 0 Å². The summed E-state index contributed by atoms with van der Waals surface area (Å²) in [6.45, 7) is 5.08. The standard InChI is InChI=1S/C22H30N4O2/c1-16-10-11-18(23)20(14-16)26-13-5-7-17(15-26)6-4-12-24-21-9-3-8-19(25-21)22(27)28-2/h3,8-11,14,17H,4-7,12-13,15,23H2,1-2H3,(H,24,25). The largest absolute Gasteiger partial charge is 0.464 e. The number of methoxy groups -OCH3 is 1. The Labute approximate surface area is 167 Å². The zero-order valence-corrected chi connectivity index (χ0v) is 16.8. The molecule has 0 saturated carbocycles. The number of anilines is 3. The van der Waals surface area contributed by atoms with Crippen molar-refractivity contribution >= 4 is 23.2 Å². The summed E-state index contributed by atoms with van der Waals surface area (Å²) in [7, 11) is 1.36. The molecule has 1 unspecified atom stereocenters. The number of rotatable bonds is 7. The molecule has 0 aliphatic carbocycles. The number of benzene rings is 1. The van der Waals surface area contributed by atoms with Crippen LogP contribution in [0.25, 0.3) is 0 Å². The summed E-state index contributed by atoms with van der Waals surface area (Å²) in [5, 5.41) is 3.31. The van der Waals surface area contributed by atoms with Crippen molar-refractivity contribution in [1.82, 2.24) is 4.98 Å². The smallest absolute Gasteiger partial charge is 0.356 e. The fraction of sp³-hybridized carbons (Fsp3) is 0.455. The number of nitrogens with zero attached hydrogens (tertiary/aromatic N) is 2. The highest BCUT2D eigenvalue weighted by Crippen LogP contribution is 2.30. The van der Waals surface area contributed by atoms with Gasteiger partial charge in [-0.05, 0) is 68.4 Å². The van der Waals surface area contributed by atoms with E-state index in [0.717, 1.165) is 38.2 Å².